The summed E-state index contributed by atoms with van der Waals surface area (Å²) in [4.78, 5) is 3.53. The van der Waals surface area contributed by atoms with Crippen molar-refractivity contribution in [2.24, 2.45) is 0 Å². The maximum Gasteiger partial charge on any atom is 0.0645 e. The van der Waals surface area contributed by atoms with Crippen LogP contribution < -0.4 is 0 Å². The molecule has 2 heteroatoms. The number of nitrogens with zero attached hydrogens (tertiary/aromatic N) is 1. The molecular weight excluding hydrogens is 364 g/mol. The van der Waals surface area contributed by atoms with Crippen LogP contribution in [0.15, 0.2) is 103 Å². The first-order valence-corrected chi connectivity index (χ1v) is 10.0. The van der Waals surface area contributed by atoms with Crippen LogP contribution in [-0.2, 0) is 0 Å². The summed E-state index contributed by atoms with van der Waals surface area (Å²) < 4.78 is 27.2. The normalized spacial score (nSPS) is 13.4. The average Bonchev–Trinajstić information content (AvgIpc) is 3.32. The van der Waals surface area contributed by atoms with Crippen molar-refractivity contribution in [3.8, 4) is 5.69 Å². The first kappa shape index (κ1) is 13.2. The predicted molar refractivity (Wildman–Crippen MR) is 128 cm³/mol. The second-order valence-electron chi connectivity index (χ2n) is 7.69. The molecule has 0 unspecified atom stereocenters. The molecule has 140 valence electrons. The highest BCUT2D eigenvalue weighted by Gasteiger charge is 2.16. The molecule has 2 aromatic heterocycles. The minimum atomic E-state index is 0.177. The van der Waals surface area contributed by atoms with Crippen LogP contribution in [-0.4, -0.2) is 9.55 Å². The summed E-state index contributed by atoms with van der Waals surface area (Å²) in [5.74, 6) is 0. The highest BCUT2D eigenvalue weighted by Crippen LogP contribution is 2.39. The van der Waals surface area contributed by atoms with Crippen molar-refractivity contribution in [2.75, 3.05) is 0 Å². The fourth-order valence-corrected chi connectivity index (χ4v) is 4.80. The summed E-state index contributed by atoms with van der Waals surface area (Å²) in [6, 6.07) is 28.7. The molecule has 2 nitrogen and oxygen atoms in total. The van der Waals surface area contributed by atoms with Crippen LogP contribution in [0.25, 0.3) is 60.1 Å². The van der Waals surface area contributed by atoms with Gasteiger partial charge in [-0.3, -0.25) is 0 Å². The van der Waals surface area contributed by atoms with E-state index in [2.05, 4.69) is 65.6 Å². The Hall–Kier alpha value is -4.04. The van der Waals surface area contributed by atoms with Crippen LogP contribution in [0.2, 0.25) is 0 Å². The molecule has 1 N–H and O–H groups in total. The summed E-state index contributed by atoms with van der Waals surface area (Å²) in [6.45, 7) is 0. The number of para-hydroxylation sites is 2. The SMILES string of the molecule is [2H]c1cc([2H])c(-n2c3cc4[nH]c5ccccc5c4cc3c3c4ccccc4ccc32)c([2H])c1. The summed E-state index contributed by atoms with van der Waals surface area (Å²) in [5.41, 5.74) is 4.51. The lowest BCUT2D eigenvalue weighted by Gasteiger charge is -2.08. The Morgan fingerprint density at radius 3 is 2.33 bits per heavy atom. The number of aromatic nitrogens is 2. The van der Waals surface area contributed by atoms with Gasteiger partial charge in [0.15, 0.2) is 0 Å². The van der Waals surface area contributed by atoms with Gasteiger partial charge in [-0.05, 0) is 47.1 Å². The molecule has 0 saturated carbocycles. The molecule has 0 amide bonds. The third-order valence-electron chi connectivity index (χ3n) is 6.09. The maximum atomic E-state index is 8.62. The Bertz CT molecular complexity index is 1890. The molecule has 0 aliphatic heterocycles. The zero-order valence-electron chi connectivity index (χ0n) is 19.0. The number of aromatic amines is 1. The van der Waals surface area contributed by atoms with E-state index in [9.17, 15) is 0 Å². The van der Waals surface area contributed by atoms with Gasteiger partial charge in [-0.1, -0.05) is 66.7 Å². The van der Waals surface area contributed by atoms with Gasteiger partial charge in [-0.15, -0.1) is 0 Å². The Balaban J connectivity index is 1.76. The van der Waals surface area contributed by atoms with E-state index in [-0.39, 0.29) is 18.1 Å². The fourth-order valence-electron chi connectivity index (χ4n) is 4.80. The number of rotatable bonds is 1. The van der Waals surface area contributed by atoms with E-state index < -0.39 is 0 Å². The molecule has 0 radical (unpaired) electrons. The number of nitrogens with one attached hydrogen (secondary N) is 1. The largest absolute Gasteiger partial charge is 0.354 e. The third-order valence-corrected chi connectivity index (χ3v) is 6.09. The quantitative estimate of drug-likeness (QED) is 0.301. The van der Waals surface area contributed by atoms with Crippen LogP contribution in [0.5, 0.6) is 0 Å². The maximum absolute atomic E-state index is 8.62. The zero-order chi connectivity index (χ0) is 22.3. The van der Waals surface area contributed by atoms with E-state index in [0.29, 0.717) is 5.69 Å². The summed E-state index contributed by atoms with van der Waals surface area (Å²) in [6.07, 6.45) is 0. The van der Waals surface area contributed by atoms with Crippen molar-refractivity contribution in [2.45, 2.75) is 0 Å². The van der Waals surface area contributed by atoms with Crippen LogP contribution in [0, 0.1) is 0 Å². The molecule has 0 saturated heterocycles. The van der Waals surface area contributed by atoms with Crippen molar-refractivity contribution in [1.82, 2.24) is 9.55 Å². The van der Waals surface area contributed by atoms with E-state index in [1.807, 2.05) is 16.7 Å². The molecule has 0 aliphatic carbocycles. The van der Waals surface area contributed by atoms with Gasteiger partial charge < -0.3 is 9.55 Å². The van der Waals surface area contributed by atoms with E-state index >= 15 is 0 Å². The molecule has 0 bridgehead atoms. The monoisotopic (exact) mass is 385 g/mol. The Morgan fingerprint density at radius 1 is 0.633 bits per heavy atom. The van der Waals surface area contributed by atoms with Crippen LogP contribution in [0.4, 0.5) is 0 Å². The summed E-state index contributed by atoms with van der Waals surface area (Å²) >= 11 is 0. The minimum absolute atomic E-state index is 0.177. The van der Waals surface area contributed by atoms with Gasteiger partial charge in [0.2, 0.25) is 0 Å². The number of benzene rings is 5. The molecule has 0 fully saturated rings. The molecule has 30 heavy (non-hydrogen) atoms. The summed E-state index contributed by atoms with van der Waals surface area (Å²) in [5, 5.41) is 6.84. The number of H-pyrrole nitrogens is 1. The molecule has 0 aliphatic rings. The van der Waals surface area contributed by atoms with Crippen LogP contribution in [0.3, 0.4) is 0 Å². The molecule has 5 aromatic carbocycles. The first-order chi connectivity index (χ1) is 16.1. The smallest absolute Gasteiger partial charge is 0.0645 e. The van der Waals surface area contributed by atoms with Gasteiger partial charge in [0.1, 0.15) is 0 Å². The third kappa shape index (κ3) is 2.03. The van der Waals surface area contributed by atoms with Gasteiger partial charge in [0, 0.05) is 38.3 Å². The minimum Gasteiger partial charge on any atom is -0.354 e. The number of hydrogen-bond donors (Lipinski definition) is 1. The second kappa shape index (κ2) is 5.74. The van der Waals surface area contributed by atoms with Crippen molar-refractivity contribution >= 4 is 54.4 Å². The highest BCUT2D eigenvalue weighted by atomic mass is 15.0. The molecule has 7 rings (SSSR count). The standard InChI is InChI=1S/C28H18N2/c1-2-9-19(10-3-1)30-26-15-14-18-8-4-5-11-20(18)28(26)23-16-22-21-12-6-7-13-24(21)29-25(22)17-27(23)30/h1-17,29H/i1D,9D,10D. The molecular formula is C28H18N2. The predicted octanol–water partition coefficient (Wildman–Crippen LogP) is 7.57. The van der Waals surface area contributed by atoms with Crippen molar-refractivity contribution in [3.63, 3.8) is 0 Å². The van der Waals surface area contributed by atoms with Gasteiger partial charge in [-0.25, -0.2) is 0 Å². The topological polar surface area (TPSA) is 20.7 Å². The lowest BCUT2D eigenvalue weighted by atomic mass is 10.0. The van der Waals surface area contributed by atoms with E-state index in [0.717, 1.165) is 49.0 Å². The van der Waals surface area contributed by atoms with Gasteiger partial charge >= 0.3 is 0 Å². The van der Waals surface area contributed by atoms with Gasteiger partial charge in [0.25, 0.3) is 0 Å². The Morgan fingerprint density at radius 2 is 1.43 bits per heavy atom. The van der Waals surface area contributed by atoms with Crippen LogP contribution >= 0.6 is 0 Å². The number of hydrogen-bond acceptors (Lipinski definition) is 0. The molecule has 7 aromatic rings. The van der Waals surface area contributed by atoms with Crippen LogP contribution in [0.1, 0.15) is 4.11 Å². The summed E-state index contributed by atoms with van der Waals surface area (Å²) in [7, 11) is 0. The average molecular weight is 385 g/mol. The lowest BCUT2D eigenvalue weighted by molar-refractivity contribution is 1.18. The van der Waals surface area contributed by atoms with E-state index in [1.54, 1.807) is 0 Å². The van der Waals surface area contributed by atoms with Crippen molar-refractivity contribution in [1.29, 1.82) is 0 Å². The zero-order valence-corrected chi connectivity index (χ0v) is 16.0. The molecule has 0 spiro atoms. The first-order valence-electron chi connectivity index (χ1n) is 11.5. The van der Waals surface area contributed by atoms with E-state index in [4.69, 9.17) is 4.11 Å². The van der Waals surface area contributed by atoms with Crippen molar-refractivity contribution < 1.29 is 4.11 Å². The van der Waals surface area contributed by atoms with Gasteiger partial charge in [0.05, 0.1) is 15.1 Å². The van der Waals surface area contributed by atoms with Gasteiger partial charge in [-0.2, -0.15) is 0 Å². The fraction of sp³-hybridized carbons (Fsp3) is 0. The molecule has 0 atom stereocenters. The molecule has 2 heterocycles. The van der Waals surface area contributed by atoms with Crippen molar-refractivity contribution in [3.05, 3.63) is 103 Å². The Labute approximate surface area is 177 Å². The van der Waals surface area contributed by atoms with E-state index in [1.165, 1.54) is 17.5 Å². The highest BCUT2D eigenvalue weighted by molar-refractivity contribution is 6.24. The second-order valence-corrected chi connectivity index (χ2v) is 7.69. The Kier molecular flexibility index (Phi) is 2.53. The number of fused-ring (bicyclic) bond motifs is 8. The lowest BCUT2D eigenvalue weighted by Crippen LogP contribution is -1.93.